The Labute approximate surface area is 161 Å². The molecule has 0 radical (unpaired) electrons. The van der Waals surface area contributed by atoms with Crippen molar-refractivity contribution < 1.29 is 22.7 Å². The van der Waals surface area contributed by atoms with Crippen molar-refractivity contribution in [3.63, 3.8) is 0 Å². The van der Waals surface area contributed by atoms with Gasteiger partial charge < -0.3 is 15.0 Å². The van der Waals surface area contributed by atoms with Crippen molar-refractivity contribution in [3.8, 4) is 5.75 Å². The maximum Gasteiger partial charge on any atom is 0.241 e. The topological polar surface area (TPSA) is 44.8 Å². The van der Waals surface area contributed by atoms with E-state index in [1.165, 1.54) is 0 Å². The lowest BCUT2D eigenvalue weighted by Gasteiger charge is -2.38. The maximum atomic E-state index is 13.8. The molecule has 0 aromatic heterocycles. The third-order valence-electron chi connectivity index (χ3n) is 4.96. The maximum absolute atomic E-state index is 13.8. The summed E-state index contributed by atoms with van der Waals surface area (Å²) in [5.41, 5.74) is 0.619. The van der Waals surface area contributed by atoms with Gasteiger partial charge in [0.1, 0.15) is 5.75 Å². The van der Waals surface area contributed by atoms with Crippen LogP contribution in [0.1, 0.15) is 6.92 Å². The molecule has 0 spiro atoms. The van der Waals surface area contributed by atoms with Gasteiger partial charge in [-0.25, -0.2) is 13.2 Å². The van der Waals surface area contributed by atoms with E-state index in [0.29, 0.717) is 26.2 Å². The molecule has 0 aliphatic carbocycles. The van der Waals surface area contributed by atoms with Gasteiger partial charge in [0.25, 0.3) is 0 Å². The highest BCUT2D eigenvalue weighted by Crippen LogP contribution is 2.28. The molecule has 3 rings (SSSR count). The first-order valence-corrected chi connectivity index (χ1v) is 8.98. The van der Waals surface area contributed by atoms with E-state index in [1.807, 2.05) is 29.2 Å². The lowest BCUT2D eigenvalue weighted by Crippen LogP contribution is -2.53. The summed E-state index contributed by atoms with van der Waals surface area (Å²) in [6.07, 6.45) is 0. The van der Waals surface area contributed by atoms with Crippen LogP contribution in [-0.2, 0) is 4.79 Å². The largest absolute Gasteiger partial charge is 0.495 e. The Morgan fingerprint density at radius 3 is 2.39 bits per heavy atom. The van der Waals surface area contributed by atoms with E-state index in [9.17, 15) is 18.0 Å². The molecule has 1 atom stereocenters. The minimum atomic E-state index is -1.60. The van der Waals surface area contributed by atoms with Crippen LogP contribution in [0.2, 0.25) is 0 Å². The highest BCUT2D eigenvalue weighted by molar-refractivity contribution is 5.94. The third-order valence-corrected chi connectivity index (χ3v) is 4.96. The summed E-state index contributed by atoms with van der Waals surface area (Å²) in [6, 6.07) is 8.97. The summed E-state index contributed by atoms with van der Waals surface area (Å²) in [4.78, 5) is 16.6. The van der Waals surface area contributed by atoms with Crippen LogP contribution >= 0.6 is 0 Å². The van der Waals surface area contributed by atoms with Gasteiger partial charge in [-0.3, -0.25) is 9.69 Å². The second kappa shape index (κ2) is 8.52. The lowest BCUT2D eigenvalue weighted by molar-refractivity contribution is -0.120. The van der Waals surface area contributed by atoms with E-state index < -0.39 is 29.4 Å². The van der Waals surface area contributed by atoms with Crippen molar-refractivity contribution in [2.45, 2.75) is 13.0 Å². The molecule has 1 fully saturated rings. The SMILES string of the molecule is COc1ccccc1N1CCN([C@@H](C)C(=O)Nc2ccc(F)c(F)c2F)CC1. The van der Waals surface area contributed by atoms with Crippen molar-refractivity contribution >= 4 is 17.3 Å². The average molecular weight is 393 g/mol. The fraction of sp³-hybridized carbons (Fsp3) is 0.350. The zero-order chi connectivity index (χ0) is 20.3. The first kappa shape index (κ1) is 20.0. The molecular weight excluding hydrogens is 371 g/mol. The minimum Gasteiger partial charge on any atom is -0.495 e. The Bertz CT molecular complexity index is 855. The first-order valence-electron chi connectivity index (χ1n) is 8.98. The summed E-state index contributed by atoms with van der Waals surface area (Å²) in [5.74, 6) is -3.99. The summed E-state index contributed by atoms with van der Waals surface area (Å²) < 4.78 is 45.5. The monoisotopic (exact) mass is 393 g/mol. The van der Waals surface area contributed by atoms with Crippen LogP contribution in [0.3, 0.4) is 0 Å². The Morgan fingerprint density at radius 2 is 1.71 bits per heavy atom. The number of rotatable bonds is 5. The molecule has 1 saturated heterocycles. The third kappa shape index (κ3) is 4.06. The van der Waals surface area contributed by atoms with Crippen molar-refractivity contribution in [2.24, 2.45) is 0 Å². The number of hydrogen-bond donors (Lipinski definition) is 1. The predicted octanol–water partition coefficient (Wildman–Crippen LogP) is 3.26. The second-order valence-corrected chi connectivity index (χ2v) is 6.58. The predicted molar refractivity (Wildman–Crippen MR) is 101 cm³/mol. The quantitative estimate of drug-likeness (QED) is 0.792. The fourth-order valence-electron chi connectivity index (χ4n) is 3.27. The van der Waals surface area contributed by atoms with Crippen LogP contribution in [0.15, 0.2) is 36.4 Å². The van der Waals surface area contributed by atoms with Crippen LogP contribution < -0.4 is 15.0 Å². The first-order chi connectivity index (χ1) is 13.4. The number of ether oxygens (including phenoxy) is 1. The van der Waals surface area contributed by atoms with Gasteiger partial charge in [-0.2, -0.15) is 0 Å². The number of para-hydroxylation sites is 2. The van der Waals surface area contributed by atoms with Crippen LogP contribution in [0.5, 0.6) is 5.75 Å². The number of carbonyl (C=O) groups excluding carboxylic acids is 1. The molecule has 1 amide bonds. The lowest BCUT2D eigenvalue weighted by atomic mass is 10.2. The fourth-order valence-corrected chi connectivity index (χ4v) is 3.27. The van der Waals surface area contributed by atoms with E-state index in [2.05, 4.69) is 10.2 Å². The van der Waals surface area contributed by atoms with E-state index in [0.717, 1.165) is 23.6 Å². The van der Waals surface area contributed by atoms with Gasteiger partial charge in [0.15, 0.2) is 17.5 Å². The molecule has 1 heterocycles. The molecule has 8 heteroatoms. The molecule has 150 valence electrons. The Balaban J connectivity index is 1.61. The zero-order valence-electron chi connectivity index (χ0n) is 15.7. The molecule has 1 N–H and O–H groups in total. The molecule has 0 bridgehead atoms. The van der Waals surface area contributed by atoms with Crippen LogP contribution in [-0.4, -0.2) is 50.1 Å². The normalized spacial score (nSPS) is 16.0. The molecule has 2 aromatic rings. The molecule has 0 saturated carbocycles. The van der Waals surface area contributed by atoms with Crippen LogP contribution in [0.4, 0.5) is 24.5 Å². The van der Waals surface area contributed by atoms with Crippen molar-refractivity contribution in [1.29, 1.82) is 0 Å². The number of nitrogens with one attached hydrogen (secondary N) is 1. The Morgan fingerprint density at radius 1 is 1.04 bits per heavy atom. The Hall–Kier alpha value is -2.74. The number of piperazine rings is 1. The molecular formula is C20H22F3N3O2. The van der Waals surface area contributed by atoms with Crippen molar-refractivity contribution in [2.75, 3.05) is 43.5 Å². The van der Waals surface area contributed by atoms with Gasteiger partial charge in [0, 0.05) is 26.2 Å². The number of amides is 1. The summed E-state index contributed by atoms with van der Waals surface area (Å²) in [6.45, 7) is 4.32. The number of nitrogens with zero attached hydrogens (tertiary/aromatic N) is 2. The van der Waals surface area contributed by atoms with Gasteiger partial charge in [0.05, 0.1) is 24.5 Å². The minimum absolute atomic E-state index is 0.372. The number of anilines is 2. The molecule has 2 aromatic carbocycles. The number of hydrogen-bond acceptors (Lipinski definition) is 4. The van der Waals surface area contributed by atoms with Crippen molar-refractivity contribution in [1.82, 2.24) is 4.90 Å². The van der Waals surface area contributed by atoms with E-state index >= 15 is 0 Å². The molecule has 5 nitrogen and oxygen atoms in total. The molecule has 1 aliphatic rings. The van der Waals surface area contributed by atoms with Gasteiger partial charge in [0.2, 0.25) is 5.91 Å². The summed E-state index contributed by atoms with van der Waals surface area (Å²) >= 11 is 0. The number of methoxy groups -OCH3 is 1. The highest BCUT2D eigenvalue weighted by Gasteiger charge is 2.27. The van der Waals surface area contributed by atoms with E-state index in [4.69, 9.17) is 4.74 Å². The van der Waals surface area contributed by atoms with Gasteiger partial charge in [-0.15, -0.1) is 0 Å². The molecule has 28 heavy (non-hydrogen) atoms. The summed E-state index contributed by atoms with van der Waals surface area (Å²) in [5, 5.41) is 2.34. The van der Waals surface area contributed by atoms with Gasteiger partial charge in [-0.1, -0.05) is 12.1 Å². The van der Waals surface area contributed by atoms with Crippen LogP contribution in [0, 0.1) is 17.5 Å². The second-order valence-electron chi connectivity index (χ2n) is 6.58. The smallest absolute Gasteiger partial charge is 0.241 e. The van der Waals surface area contributed by atoms with Gasteiger partial charge in [-0.05, 0) is 31.2 Å². The van der Waals surface area contributed by atoms with Crippen molar-refractivity contribution in [3.05, 3.63) is 53.8 Å². The number of halogens is 3. The van der Waals surface area contributed by atoms with E-state index in [1.54, 1.807) is 14.0 Å². The van der Waals surface area contributed by atoms with E-state index in [-0.39, 0.29) is 5.69 Å². The van der Waals surface area contributed by atoms with Crippen LogP contribution in [0.25, 0.3) is 0 Å². The molecule has 0 unspecified atom stereocenters. The summed E-state index contributed by atoms with van der Waals surface area (Å²) in [7, 11) is 1.62. The zero-order valence-corrected chi connectivity index (χ0v) is 15.7. The number of carbonyl (C=O) groups is 1. The average Bonchev–Trinajstić information content (AvgIpc) is 2.73. The standard InChI is InChI=1S/C20H22F3N3O2/c1-13(20(27)24-15-8-7-14(21)18(22)19(15)23)25-9-11-26(12-10-25)16-5-3-4-6-17(16)28-2/h3-8,13H,9-12H2,1-2H3,(H,24,27)/t13-/m0/s1. The Kier molecular flexibility index (Phi) is 6.08. The van der Waals surface area contributed by atoms with Gasteiger partial charge >= 0.3 is 0 Å². The molecule has 1 aliphatic heterocycles. The highest BCUT2D eigenvalue weighted by atomic mass is 19.2. The number of benzene rings is 2.